The fraction of sp³-hybridized carbons (Fsp3) is 0.333. The number of piperidine rings is 1. The predicted octanol–water partition coefficient (Wildman–Crippen LogP) is 4.06. The first-order valence-electron chi connectivity index (χ1n) is 7.69. The highest BCUT2D eigenvalue weighted by atomic mass is 35.5. The Balaban J connectivity index is 1.57. The van der Waals surface area contributed by atoms with Crippen LogP contribution in [0.5, 0.6) is 11.5 Å². The van der Waals surface area contributed by atoms with E-state index in [1.54, 1.807) is 0 Å². The van der Waals surface area contributed by atoms with Crippen molar-refractivity contribution >= 4 is 11.6 Å². The van der Waals surface area contributed by atoms with Gasteiger partial charge < -0.3 is 10.5 Å². The van der Waals surface area contributed by atoms with Gasteiger partial charge in [0, 0.05) is 17.6 Å². The molecule has 4 heteroatoms. The predicted molar refractivity (Wildman–Crippen MR) is 90.5 cm³/mol. The Morgan fingerprint density at radius 3 is 2.09 bits per heavy atom. The highest BCUT2D eigenvalue weighted by Gasteiger charge is 2.15. The fourth-order valence-corrected chi connectivity index (χ4v) is 2.80. The van der Waals surface area contributed by atoms with E-state index in [-0.39, 0.29) is 0 Å². The molecule has 0 spiro atoms. The smallest absolute Gasteiger partial charge is 0.127 e. The van der Waals surface area contributed by atoms with Crippen LogP contribution in [0.15, 0.2) is 48.5 Å². The van der Waals surface area contributed by atoms with Gasteiger partial charge in [-0.2, -0.15) is 0 Å². The molecule has 1 aliphatic heterocycles. The lowest BCUT2D eigenvalue weighted by atomic mass is 10.1. The van der Waals surface area contributed by atoms with Gasteiger partial charge in [0.15, 0.2) is 0 Å². The zero-order chi connectivity index (χ0) is 15.4. The second kappa shape index (κ2) is 7.14. The van der Waals surface area contributed by atoms with Crippen LogP contribution < -0.4 is 10.5 Å². The number of halogens is 1. The molecule has 1 saturated heterocycles. The summed E-state index contributed by atoms with van der Waals surface area (Å²) in [5.41, 5.74) is 7.25. The van der Waals surface area contributed by atoms with Gasteiger partial charge in [0.05, 0.1) is 0 Å². The van der Waals surface area contributed by atoms with E-state index in [2.05, 4.69) is 17.0 Å². The summed E-state index contributed by atoms with van der Waals surface area (Å²) in [6, 6.07) is 16.0. The maximum absolute atomic E-state index is 5.94. The summed E-state index contributed by atoms with van der Waals surface area (Å²) in [6.45, 7) is 3.16. The van der Waals surface area contributed by atoms with Gasteiger partial charge in [-0.3, -0.25) is 4.90 Å². The summed E-state index contributed by atoms with van der Waals surface area (Å²) < 4.78 is 5.80. The van der Waals surface area contributed by atoms with Crippen LogP contribution in [0.1, 0.15) is 18.4 Å². The minimum absolute atomic E-state index is 0.381. The highest BCUT2D eigenvalue weighted by Crippen LogP contribution is 2.24. The van der Waals surface area contributed by atoms with E-state index in [4.69, 9.17) is 22.1 Å². The summed E-state index contributed by atoms with van der Waals surface area (Å²) in [4.78, 5) is 2.46. The third-order valence-corrected chi connectivity index (χ3v) is 4.26. The molecule has 116 valence electrons. The molecule has 1 heterocycles. The van der Waals surface area contributed by atoms with Crippen LogP contribution in [0, 0.1) is 0 Å². The van der Waals surface area contributed by atoms with Crippen LogP contribution in [-0.4, -0.2) is 24.0 Å². The first kappa shape index (κ1) is 15.3. The Morgan fingerprint density at radius 2 is 1.50 bits per heavy atom. The SMILES string of the molecule is NC1CCN(Cc2ccc(Oc3ccc(Cl)cc3)cc2)CC1. The van der Waals surface area contributed by atoms with E-state index in [0.717, 1.165) is 44.0 Å². The third-order valence-electron chi connectivity index (χ3n) is 4.01. The van der Waals surface area contributed by atoms with E-state index in [1.165, 1.54) is 5.56 Å². The molecule has 2 aromatic rings. The number of rotatable bonds is 4. The summed E-state index contributed by atoms with van der Waals surface area (Å²) in [6.07, 6.45) is 2.19. The number of ether oxygens (including phenoxy) is 1. The molecule has 0 amide bonds. The molecule has 0 bridgehead atoms. The van der Waals surface area contributed by atoms with Crippen molar-refractivity contribution in [1.82, 2.24) is 4.90 Å². The minimum Gasteiger partial charge on any atom is -0.457 e. The number of hydrogen-bond donors (Lipinski definition) is 1. The standard InChI is InChI=1S/C18H21ClN2O/c19-15-3-7-18(8-4-15)22-17-5-1-14(2-6-17)13-21-11-9-16(20)10-12-21/h1-8,16H,9-13,20H2. The Kier molecular flexibility index (Phi) is 4.98. The van der Waals surface area contributed by atoms with Gasteiger partial charge in [0.1, 0.15) is 11.5 Å². The summed E-state index contributed by atoms with van der Waals surface area (Å²) in [5, 5.41) is 0.712. The molecule has 2 aromatic carbocycles. The lowest BCUT2D eigenvalue weighted by Gasteiger charge is -2.30. The van der Waals surface area contributed by atoms with Crippen LogP contribution in [-0.2, 0) is 6.54 Å². The van der Waals surface area contributed by atoms with Gasteiger partial charge in [-0.1, -0.05) is 23.7 Å². The van der Waals surface area contributed by atoms with E-state index < -0.39 is 0 Å². The lowest BCUT2D eigenvalue weighted by Crippen LogP contribution is -2.39. The van der Waals surface area contributed by atoms with Gasteiger partial charge in [0.25, 0.3) is 0 Å². The van der Waals surface area contributed by atoms with Crippen molar-refractivity contribution in [1.29, 1.82) is 0 Å². The molecular weight excluding hydrogens is 296 g/mol. The first-order chi connectivity index (χ1) is 10.7. The van der Waals surface area contributed by atoms with Crippen molar-refractivity contribution in [2.45, 2.75) is 25.4 Å². The zero-order valence-corrected chi connectivity index (χ0v) is 13.3. The molecule has 22 heavy (non-hydrogen) atoms. The molecule has 2 N–H and O–H groups in total. The maximum atomic E-state index is 5.94. The monoisotopic (exact) mass is 316 g/mol. The Bertz CT molecular complexity index is 589. The molecule has 3 rings (SSSR count). The topological polar surface area (TPSA) is 38.5 Å². The fourth-order valence-electron chi connectivity index (χ4n) is 2.67. The molecule has 0 aromatic heterocycles. The number of nitrogens with zero attached hydrogens (tertiary/aromatic N) is 1. The average Bonchev–Trinajstić information content (AvgIpc) is 2.54. The molecule has 1 fully saturated rings. The molecule has 1 aliphatic rings. The largest absolute Gasteiger partial charge is 0.457 e. The summed E-state index contributed by atoms with van der Waals surface area (Å²) in [5.74, 6) is 1.63. The Labute approximate surface area is 136 Å². The summed E-state index contributed by atoms with van der Waals surface area (Å²) >= 11 is 5.87. The van der Waals surface area contributed by atoms with Gasteiger partial charge in [-0.25, -0.2) is 0 Å². The molecular formula is C18H21ClN2O. The first-order valence-corrected chi connectivity index (χ1v) is 8.07. The number of hydrogen-bond acceptors (Lipinski definition) is 3. The lowest BCUT2D eigenvalue weighted by molar-refractivity contribution is 0.205. The molecule has 3 nitrogen and oxygen atoms in total. The van der Waals surface area contributed by atoms with Gasteiger partial charge >= 0.3 is 0 Å². The molecule has 0 radical (unpaired) electrons. The molecule has 0 saturated carbocycles. The van der Waals surface area contributed by atoms with Crippen LogP contribution >= 0.6 is 11.6 Å². The molecule has 0 atom stereocenters. The van der Waals surface area contributed by atoms with Crippen molar-refractivity contribution in [3.05, 3.63) is 59.1 Å². The van der Waals surface area contributed by atoms with E-state index >= 15 is 0 Å². The van der Waals surface area contributed by atoms with Crippen molar-refractivity contribution in [2.24, 2.45) is 5.73 Å². The van der Waals surface area contributed by atoms with E-state index in [1.807, 2.05) is 36.4 Å². The van der Waals surface area contributed by atoms with Gasteiger partial charge in [-0.05, 0) is 67.9 Å². The van der Waals surface area contributed by atoms with Gasteiger partial charge in [0.2, 0.25) is 0 Å². The van der Waals surface area contributed by atoms with Gasteiger partial charge in [-0.15, -0.1) is 0 Å². The van der Waals surface area contributed by atoms with Crippen molar-refractivity contribution in [2.75, 3.05) is 13.1 Å². The van der Waals surface area contributed by atoms with Crippen molar-refractivity contribution in [3.8, 4) is 11.5 Å². The van der Waals surface area contributed by atoms with Crippen molar-refractivity contribution < 1.29 is 4.74 Å². The minimum atomic E-state index is 0.381. The number of likely N-dealkylation sites (tertiary alicyclic amines) is 1. The summed E-state index contributed by atoms with van der Waals surface area (Å²) in [7, 11) is 0. The normalized spacial score (nSPS) is 16.6. The quantitative estimate of drug-likeness (QED) is 0.924. The van der Waals surface area contributed by atoms with Crippen LogP contribution in [0.4, 0.5) is 0 Å². The highest BCUT2D eigenvalue weighted by molar-refractivity contribution is 6.30. The molecule has 0 unspecified atom stereocenters. The maximum Gasteiger partial charge on any atom is 0.127 e. The second-order valence-electron chi connectivity index (χ2n) is 5.81. The number of benzene rings is 2. The van der Waals surface area contributed by atoms with Crippen molar-refractivity contribution in [3.63, 3.8) is 0 Å². The van der Waals surface area contributed by atoms with Crippen LogP contribution in [0.2, 0.25) is 5.02 Å². The third kappa shape index (κ3) is 4.23. The molecule has 0 aliphatic carbocycles. The Hall–Kier alpha value is -1.55. The van der Waals surface area contributed by atoms with E-state index in [9.17, 15) is 0 Å². The Morgan fingerprint density at radius 1 is 0.955 bits per heavy atom. The van der Waals surface area contributed by atoms with Crippen LogP contribution in [0.3, 0.4) is 0 Å². The second-order valence-corrected chi connectivity index (χ2v) is 6.25. The number of nitrogens with two attached hydrogens (primary N) is 1. The zero-order valence-electron chi connectivity index (χ0n) is 12.5. The average molecular weight is 317 g/mol. The van der Waals surface area contributed by atoms with E-state index in [0.29, 0.717) is 11.1 Å². The van der Waals surface area contributed by atoms with Crippen LogP contribution in [0.25, 0.3) is 0 Å².